The third-order valence-electron chi connectivity index (χ3n) is 2.63. The summed E-state index contributed by atoms with van der Waals surface area (Å²) in [5, 5.41) is 4.39. The van der Waals surface area contributed by atoms with Crippen LogP contribution < -0.4 is 4.89 Å². The summed E-state index contributed by atoms with van der Waals surface area (Å²) >= 11 is 0. The van der Waals surface area contributed by atoms with E-state index in [1.54, 1.807) is 5.80 Å². The Labute approximate surface area is 88.8 Å². The molecule has 72 valence electrons. The van der Waals surface area contributed by atoms with Gasteiger partial charge in [0.05, 0.1) is 7.76 Å². The summed E-state index contributed by atoms with van der Waals surface area (Å²) in [4.78, 5) is 11.8. The predicted octanol–water partition coefficient (Wildman–Crippen LogP) is 3.38. The molecule has 0 aliphatic rings. The molecule has 2 aromatic carbocycles. The Kier molecular flexibility index (Phi) is 1.95. The monoisotopic (exact) mass is 212 g/mol. The molecule has 3 rings (SSSR count). The van der Waals surface area contributed by atoms with E-state index >= 15 is 0 Å². The van der Waals surface area contributed by atoms with Crippen LogP contribution in [-0.4, -0.2) is 0 Å². The molecule has 1 atom stereocenters. The summed E-state index contributed by atoms with van der Waals surface area (Å²) < 4.78 is 0. The van der Waals surface area contributed by atoms with Gasteiger partial charge >= 0.3 is 0 Å². The van der Waals surface area contributed by atoms with Crippen molar-refractivity contribution >= 4 is 29.0 Å². The molecule has 0 aliphatic carbocycles. The summed E-state index contributed by atoms with van der Waals surface area (Å²) in [5.41, 5.74) is 0. The van der Waals surface area contributed by atoms with Crippen LogP contribution in [0, 0.1) is 0 Å². The van der Waals surface area contributed by atoms with Crippen LogP contribution in [0.5, 0.6) is 0 Å². The number of rotatable bonds is 0. The number of hydrogen-bond donors (Lipinski definition) is 0. The Bertz CT molecular complexity index is 646. The van der Waals surface area contributed by atoms with E-state index in [4.69, 9.17) is 0 Å². The molecule has 0 spiro atoms. The van der Waals surface area contributed by atoms with Gasteiger partial charge in [0, 0.05) is 5.39 Å². The second-order valence-electron chi connectivity index (χ2n) is 3.59. The first-order valence-electron chi connectivity index (χ1n) is 4.85. The largest absolute Gasteiger partial charge is 0.626 e. The Hall–Kier alpha value is -1.43. The lowest BCUT2D eigenvalue weighted by molar-refractivity contribution is -0.149. The van der Waals surface area contributed by atoms with E-state index < -0.39 is 7.76 Å². The molecule has 1 nitrogen and oxygen atoms in total. The number of hydrogen-bond acceptors (Lipinski definition) is 1. The quantitative estimate of drug-likeness (QED) is 0.524. The minimum Gasteiger partial charge on any atom is -0.626 e. The van der Waals surface area contributed by atoms with E-state index in [0.29, 0.717) is 0 Å². The van der Waals surface area contributed by atoms with Crippen LogP contribution in [0.25, 0.3) is 21.3 Å². The first kappa shape index (κ1) is 8.84. The van der Waals surface area contributed by atoms with Crippen LogP contribution in [0.15, 0.2) is 54.3 Å². The van der Waals surface area contributed by atoms with Crippen molar-refractivity contribution < 1.29 is 4.89 Å². The van der Waals surface area contributed by atoms with Gasteiger partial charge in [-0.2, -0.15) is 0 Å². The fourth-order valence-electron chi connectivity index (χ4n) is 1.88. The van der Waals surface area contributed by atoms with Gasteiger partial charge in [-0.15, -0.1) is 0 Å². The van der Waals surface area contributed by atoms with Crippen LogP contribution in [0.4, 0.5) is 0 Å². The molecule has 0 amide bonds. The fourth-order valence-corrected chi connectivity index (χ4v) is 2.94. The van der Waals surface area contributed by atoms with Gasteiger partial charge in [-0.1, -0.05) is 24.3 Å². The van der Waals surface area contributed by atoms with E-state index in [-0.39, 0.29) is 0 Å². The zero-order valence-electron chi connectivity index (χ0n) is 8.05. The fraction of sp³-hybridized carbons (Fsp3) is 0. The molecule has 3 aromatic rings. The molecule has 0 N–H and O–H groups in total. The molecule has 0 bridgehead atoms. The number of fused-ring (bicyclic) bond motifs is 2. The second-order valence-corrected chi connectivity index (χ2v) is 5.02. The smallest absolute Gasteiger partial charge is 0.152 e. The van der Waals surface area contributed by atoms with E-state index in [2.05, 4.69) is 18.2 Å². The molecule has 1 aromatic heterocycles. The van der Waals surface area contributed by atoms with Crippen molar-refractivity contribution in [2.75, 3.05) is 0 Å². The first-order valence-corrected chi connectivity index (χ1v) is 6.18. The molecule has 0 radical (unpaired) electrons. The maximum Gasteiger partial charge on any atom is 0.152 e. The van der Waals surface area contributed by atoms with Gasteiger partial charge in [0.25, 0.3) is 0 Å². The van der Waals surface area contributed by atoms with Crippen LogP contribution in [0.1, 0.15) is 0 Å². The standard InChI is InChI=1S/C13H9OP/c14-15-7-3-6-12-8-10-4-1-2-5-11(10)9-13(12)15/h1-9H. The summed E-state index contributed by atoms with van der Waals surface area (Å²) in [6, 6.07) is 16.2. The van der Waals surface area contributed by atoms with E-state index in [1.807, 2.05) is 30.3 Å². The van der Waals surface area contributed by atoms with Crippen LogP contribution >= 0.6 is 7.76 Å². The van der Waals surface area contributed by atoms with Gasteiger partial charge in [-0.25, -0.2) is 0 Å². The SMILES string of the molecule is [O-][p+]1cccc2cc3ccccc3cc21. The highest BCUT2D eigenvalue weighted by atomic mass is 31.1. The van der Waals surface area contributed by atoms with Gasteiger partial charge < -0.3 is 4.89 Å². The van der Waals surface area contributed by atoms with E-state index in [9.17, 15) is 4.89 Å². The summed E-state index contributed by atoms with van der Waals surface area (Å²) in [5.74, 6) is 1.76. The third-order valence-corrected chi connectivity index (χ3v) is 3.93. The minimum atomic E-state index is -1.34. The summed E-state index contributed by atoms with van der Waals surface area (Å²) in [6.45, 7) is 0. The van der Waals surface area contributed by atoms with Crippen LogP contribution in [0.3, 0.4) is 0 Å². The van der Waals surface area contributed by atoms with Crippen molar-refractivity contribution in [1.82, 2.24) is 0 Å². The highest BCUT2D eigenvalue weighted by molar-refractivity contribution is 7.47. The molecule has 1 heterocycles. The molecule has 0 saturated heterocycles. The van der Waals surface area contributed by atoms with E-state index in [1.165, 1.54) is 5.39 Å². The lowest BCUT2D eigenvalue weighted by Gasteiger charge is -2.01. The van der Waals surface area contributed by atoms with Gasteiger partial charge in [-0.05, 0) is 35.0 Å². The van der Waals surface area contributed by atoms with Crippen molar-refractivity contribution in [3.8, 4) is 0 Å². The van der Waals surface area contributed by atoms with Crippen molar-refractivity contribution in [2.45, 2.75) is 0 Å². The van der Waals surface area contributed by atoms with Crippen molar-refractivity contribution in [1.29, 1.82) is 0 Å². The van der Waals surface area contributed by atoms with Crippen LogP contribution in [-0.2, 0) is 0 Å². The topological polar surface area (TPSA) is 23.1 Å². The molecule has 1 unspecified atom stereocenters. The van der Waals surface area contributed by atoms with E-state index in [0.717, 1.165) is 15.9 Å². The van der Waals surface area contributed by atoms with Gasteiger partial charge in [0.1, 0.15) is 5.80 Å². The summed E-state index contributed by atoms with van der Waals surface area (Å²) in [6.07, 6.45) is 0. The Morgan fingerprint density at radius 2 is 1.47 bits per heavy atom. The maximum absolute atomic E-state index is 11.8. The first-order chi connectivity index (χ1) is 7.34. The highest BCUT2D eigenvalue weighted by Crippen LogP contribution is 2.32. The lowest BCUT2D eigenvalue weighted by atomic mass is 10.1. The van der Waals surface area contributed by atoms with Crippen molar-refractivity contribution in [3.05, 3.63) is 54.3 Å². The van der Waals surface area contributed by atoms with Gasteiger partial charge in [0.15, 0.2) is 5.12 Å². The zero-order chi connectivity index (χ0) is 10.3. The number of benzene rings is 2. The molecule has 0 aliphatic heterocycles. The normalized spacial score (nSPS) is 12.2. The highest BCUT2D eigenvalue weighted by Gasteiger charge is 2.04. The van der Waals surface area contributed by atoms with Gasteiger partial charge in [0.2, 0.25) is 0 Å². The Morgan fingerprint density at radius 1 is 0.800 bits per heavy atom. The maximum atomic E-state index is 11.8. The molecule has 0 saturated carbocycles. The molecule has 2 heteroatoms. The molecule has 0 fully saturated rings. The van der Waals surface area contributed by atoms with Crippen LogP contribution in [0.2, 0.25) is 0 Å². The summed E-state index contributed by atoms with van der Waals surface area (Å²) in [7, 11) is -1.34. The molecule has 15 heavy (non-hydrogen) atoms. The predicted molar refractivity (Wildman–Crippen MR) is 64.0 cm³/mol. The average molecular weight is 212 g/mol. The lowest BCUT2D eigenvalue weighted by Crippen LogP contribution is -1.84. The molecular weight excluding hydrogens is 203 g/mol. The average Bonchev–Trinajstić information content (AvgIpc) is 2.27. The van der Waals surface area contributed by atoms with Gasteiger partial charge in [-0.3, -0.25) is 0 Å². The van der Waals surface area contributed by atoms with Crippen molar-refractivity contribution in [3.63, 3.8) is 0 Å². The van der Waals surface area contributed by atoms with Crippen molar-refractivity contribution in [2.24, 2.45) is 0 Å². The second kappa shape index (κ2) is 3.30. The molecular formula is C13H9OP. The zero-order valence-corrected chi connectivity index (χ0v) is 8.95. The Morgan fingerprint density at radius 3 is 2.27 bits per heavy atom. The minimum absolute atomic E-state index is 0.950. The third kappa shape index (κ3) is 1.41. The Balaban J connectivity index is 2.53.